The van der Waals surface area contributed by atoms with E-state index in [9.17, 15) is 4.79 Å². The second-order valence-electron chi connectivity index (χ2n) is 4.37. The van der Waals surface area contributed by atoms with Gasteiger partial charge < -0.3 is 5.32 Å². The van der Waals surface area contributed by atoms with Gasteiger partial charge in [0.2, 0.25) is 5.78 Å². The van der Waals surface area contributed by atoms with Gasteiger partial charge in [0.05, 0.1) is 0 Å². The minimum Gasteiger partial charge on any atom is -0.385 e. The van der Waals surface area contributed by atoms with Crippen molar-refractivity contribution >= 4 is 17.4 Å². The molecule has 2 rings (SSSR count). The van der Waals surface area contributed by atoms with Crippen LogP contribution in [0, 0.1) is 11.3 Å². The Labute approximate surface area is 111 Å². The number of allylic oxidation sites excluding steroid dienone is 2. The number of rotatable bonds is 4. The summed E-state index contributed by atoms with van der Waals surface area (Å²) in [6.45, 7) is 1.77. The number of hydrogen-bond acceptors (Lipinski definition) is 3. The van der Waals surface area contributed by atoms with Crippen molar-refractivity contribution in [1.29, 1.82) is 5.26 Å². The van der Waals surface area contributed by atoms with Crippen LogP contribution in [-0.4, -0.2) is 11.8 Å². The van der Waals surface area contributed by atoms with Crippen LogP contribution >= 0.6 is 11.6 Å². The summed E-state index contributed by atoms with van der Waals surface area (Å²) >= 11 is 5.77. The summed E-state index contributed by atoms with van der Waals surface area (Å²) in [5.41, 5.74) is 1.30. The molecular formula is C14H13ClN2O. The van der Waals surface area contributed by atoms with Gasteiger partial charge in [-0.1, -0.05) is 11.6 Å². The highest BCUT2D eigenvalue weighted by atomic mass is 35.5. The smallest absolute Gasteiger partial charge is 0.205 e. The van der Waals surface area contributed by atoms with Crippen LogP contribution in [0.4, 0.5) is 0 Å². The van der Waals surface area contributed by atoms with Crippen LogP contribution in [0.1, 0.15) is 30.1 Å². The van der Waals surface area contributed by atoms with Crippen LogP contribution in [0.25, 0.3) is 0 Å². The average Bonchev–Trinajstić information content (AvgIpc) is 3.14. The van der Waals surface area contributed by atoms with E-state index >= 15 is 0 Å². The van der Waals surface area contributed by atoms with E-state index in [1.54, 1.807) is 31.2 Å². The molecule has 1 N–H and O–H groups in total. The molecule has 0 aromatic heterocycles. The molecule has 1 aromatic rings. The quantitative estimate of drug-likeness (QED) is 0.514. The van der Waals surface area contributed by atoms with Gasteiger partial charge in [0.25, 0.3) is 0 Å². The van der Waals surface area contributed by atoms with Crippen molar-refractivity contribution in [2.75, 3.05) is 0 Å². The van der Waals surface area contributed by atoms with Gasteiger partial charge in [-0.25, -0.2) is 0 Å². The summed E-state index contributed by atoms with van der Waals surface area (Å²) in [5, 5.41) is 12.9. The number of carbonyl (C=O) groups excluding carboxylic acids is 1. The fourth-order valence-corrected chi connectivity index (χ4v) is 1.78. The third-order valence-electron chi connectivity index (χ3n) is 2.82. The zero-order valence-electron chi connectivity index (χ0n) is 10.0. The van der Waals surface area contributed by atoms with Gasteiger partial charge >= 0.3 is 0 Å². The van der Waals surface area contributed by atoms with Gasteiger partial charge in [0.1, 0.15) is 11.6 Å². The predicted molar refractivity (Wildman–Crippen MR) is 70.3 cm³/mol. The first-order valence-electron chi connectivity index (χ1n) is 5.79. The Morgan fingerprint density at radius 1 is 1.39 bits per heavy atom. The molecule has 3 nitrogen and oxygen atoms in total. The highest BCUT2D eigenvalue weighted by Gasteiger charge is 2.23. The van der Waals surface area contributed by atoms with Crippen molar-refractivity contribution in [2.45, 2.75) is 25.8 Å². The summed E-state index contributed by atoms with van der Waals surface area (Å²) in [5.74, 6) is -0.264. The number of halogens is 1. The Morgan fingerprint density at radius 3 is 2.50 bits per heavy atom. The van der Waals surface area contributed by atoms with E-state index < -0.39 is 0 Å². The lowest BCUT2D eigenvalue weighted by Crippen LogP contribution is -2.18. The van der Waals surface area contributed by atoms with Gasteiger partial charge in [-0.3, -0.25) is 4.79 Å². The highest BCUT2D eigenvalue weighted by Crippen LogP contribution is 2.22. The molecule has 1 aliphatic carbocycles. The molecule has 1 saturated carbocycles. The lowest BCUT2D eigenvalue weighted by molar-refractivity contribution is 0.103. The zero-order chi connectivity index (χ0) is 13.1. The number of nitrogens with zero attached hydrogens (tertiary/aromatic N) is 1. The molecule has 1 fully saturated rings. The number of ketones is 1. The standard InChI is InChI=1S/C14H13ClN2O/c1-9(17-12-6-7-12)13(8-16)14(18)10-2-4-11(15)5-3-10/h2-5,12,17H,6-7H2,1H3. The van der Waals surface area contributed by atoms with E-state index in [4.69, 9.17) is 16.9 Å². The molecule has 0 saturated heterocycles. The van der Waals surface area contributed by atoms with E-state index in [0.29, 0.717) is 22.3 Å². The Morgan fingerprint density at radius 2 is 2.00 bits per heavy atom. The molecule has 0 bridgehead atoms. The lowest BCUT2D eigenvalue weighted by Gasteiger charge is -2.07. The van der Waals surface area contributed by atoms with Crippen LogP contribution in [-0.2, 0) is 0 Å². The molecule has 0 unspecified atom stereocenters. The molecule has 4 heteroatoms. The Balaban J connectivity index is 2.24. The third-order valence-corrected chi connectivity index (χ3v) is 3.07. The molecule has 1 aromatic carbocycles. The normalized spacial score (nSPS) is 15.6. The fraction of sp³-hybridized carbons (Fsp3) is 0.286. The fourth-order valence-electron chi connectivity index (χ4n) is 1.66. The van der Waals surface area contributed by atoms with Crippen molar-refractivity contribution in [3.05, 3.63) is 46.1 Å². The number of Topliss-reactive ketones (excluding diaryl/α,β-unsaturated/α-hetero) is 1. The van der Waals surface area contributed by atoms with Crippen LogP contribution in [0.2, 0.25) is 5.02 Å². The second kappa shape index (κ2) is 5.24. The SMILES string of the molecule is CC(NC1CC1)=C(C#N)C(=O)c1ccc(Cl)cc1. The number of hydrogen-bond donors (Lipinski definition) is 1. The minimum absolute atomic E-state index is 0.171. The van der Waals surface area contributed by atoms with Gasteiger partial charge in [-0.05, 0) is 44.0 Å². The van der Waals surface area contributed by atoms with E-state index in [0.717, 1.165) is 12.8 Å². The van der Waals surface area contributed by atoms with E-state index in [1.165, 1.54) is 0 Å². The van der Waals surface area contributed by atoms with E-state index in [2.05, 4.69) is 5.32 Å². The monoisotopic (exact) mass is 260 g/mol. The molecule has 92 valence electrons. The van der Waals surface area contributed by atoms with Gasteiger partial charge in [-0.15, -0.1) is 0 Å². The lowest BCUT2D eigenvalue weighted by atomic mass is 10.0. The van der Waals surface area contributed by atoms with Crippen LogP contribution < -0.4 is 5.32 Å². The summed E-state index contributed by atoms with van der Waals surface area (Å²) in [6.07, 6.45) is 2.20. The Bertz CT molecular complexity index is 536. The van der Waals surface area contributed by atoms with E-state index in [-0.39, 0.29) is 11.4 Å². The molecular weight excluding hydrogens is 248 g/mol. The average molecular weight is 261 g/mol. The van der Waals surface area contributed by atoms with Crippen molar-refractivity contribution in [1.82, 2.24) is 5.32 Å². The zero-order valence-corrected chi connectivity index (χ0v) is 10.8. The molecule has 0 amide bonds. The first-order chi connectivity index (χ1) is 8.61. The Hall–Kier alpha value is -1.79. The number of carbonyl (C=O) groups is 1. The first kappa shape index (κ1) is 12.7. The van der Waals surface area contributed by atoms with Crippen molar-refractivity contribution in [3.63, 3.8) is 0 Å². The van der Waals surface area contributed by atoms with Crippen LogP contribution in [0.5, 0.6) is 0 Å². The highest BCUT2D eigenvalue weighted by molar-refractivity contribution is 6.30. The Kier molecular flexibility index (Phi) is 3.69. The molecule has 0 atom stereocenters. The van der Waals surface area contributed by atoms with Crippen molar-refractivity contribution < 1.29 is 4.79 Å². The largest absolute Gasteiger partial charge is 0.385 e. The first-order valence-corrected chi connectivity index (χ1v) is 6.17. The van der Waals surface area contributed by atoms with Crippen molar-refractivity contribution in [3.8, 4) is 6.07 Å². The molecule has 18 heavy (non-hydrogen) atoms. The summed E-state index contributed by atoms with van der Waals surface area (Å²) < 4.78 is 0. The minimum atomic E-state index is -0.264. The number of nitrogens with one attached hydrogen (secondary N) is 1. The molecule has 0 aliphatic heterocycles. The maximum absolute atomic E-state index is 12.2. The second-order valence-corrected chi connectivity index (χ2v) is 4.80. The summed E-state index contributed by atoms with van der Waals surface area (Å²) in [6, 6.07) is 8.96. The maximum Gasteiger partial charge on any atom is 0.205 e. The predicted octanol–water partition coefficient (Wildman–Crippen LogP) is 3.07. The topological polar surface area (TPSA) is 52.9 Å². The van der Waals surface area contributed by atoms with Crippen LogP contribution in [0.3, 0.4) is 0 Å². The third kappa shape index (κ3) is 2.91. The molecule has 0 spiro atoms. The summed E-state index contributed by atoms with van der Waals surface area (Å²) in [4.78, 5) is 12.2. The van der Waals surface area contributed by atoms with Crippen molar-refractivity contribution in [2.24, 2.45) is 0 Å². The number of benzene rings is 1. The molecule has 1 aliphatic rings. The van der Waals surface area contributed by atoms with Gasteiger partial charge in [0.15, 0.2) is 0 Å². The van der Waals surface area contributed by atoms with Gasteiger partial charge in [-0.2, -0.15) is 5.26 Å². The number of nitriles is 1. The van der Waals surface area contributed by atoms with E-state index in [1.807, 2.05) is 6.07 Å². The van der Waals surface area contributed by atoms with Gasteiger partial charge in [0, 0.05) is 22.3 Å². The summed E-state index contributed by atoms with van der Waals surface area (Å²) in [7, 11) is 0. The maximum atomic E-state index is 12.2. The molecule has 0 radical (unpaired) electrons. The molecule has 0 heterocycles. The van der Waals surface area contributed by atoms with Crippen LogP contribution in [0.15, 0.2) is 35.5 Å².